The molecule has 0 saturated heterocycles. The minimum atomic E-state index is -0.423. The van der Waals surface area contributed by atoms with E-state index in [9.17, 15) is 14.4 Å². The molecular weight excluding hydrogens is 344 g/mol. The highest BCUT2D eigenvalue weighted by molar-refractivity contribution is 6.30. The average Bonchev–Trinajstić information content (AvgIpc) is 2.60. The van der Waals surface area contributed by atoms with Crippen molar-refractivity contribution in [3.63, 3.8) is 0 Å². The van der Waals surface area contributed by atoms with Crippen molar-refractivity contribution in [3.05, 3.63) is 67.4 Å². The summed E-state index contributed by atoms with van der Waals surface area (Å²) in [5.41, 5.74) is 0.710. The van der Waals surface area contributed by atoms with Gasteiger partial charge >= 0.3 is 11.7 Å². The Labute approximate surface area is 150 Å². The molecule has 0 fully saturated rings. The Balaban J connectivity index is 1.92. The first-order valence-corrected chi connectivity index (χ1v) is 8.16. The molecule has 8 heteroatoms. The standard InChI is InChI=1S/C17H21ClN4O3/c1-20(9-8-12-4-6-13(18)7-5-12)16(24)19-11-14-10-15(23)22(3)17(25)21(14)2/h4-7,10H,8-9,11H2,1-3H3,(H,19,24). The van der Waals surface area contributed by atoms with Crippen molar-refractivity contribution in [1.29, 1.82) is 0 Å². The highest BCUT2D eigenvalue weighted by Gasteiger charge is 2.11. The zero-order valence-corrected chi connectivity index (χ0v) is 15.2. The van der Waals surface area contributed by atoms with Gasteiger partial charge in [-0.3, -0.25) is 13.9 Å². The van der Waals surface area contributed by atoms with E-state index < -0.39 is 11.2 Å². The van der Waals surface area contributed by atoms with Gasteiger partial charge in [0, 0.05) is 44.5 Å². The Morgan fingerprint density at radius 3 is 2.44 bits per heavy atom. The van der Waals surface area contributed by atoms with Crippen LogP contribution in [0.2, 0.25) is 5.02 Å². The molecule has 1 aromatic heterocycles. The van der Waals surface area contributed by atoms with Crippen LogP contribution in [0.5, 0.6) is 0 Å². The van der Waals surface area contributed by atoms with Crippen molar-refractivity contribution in [2.24, 2.45) is 14.1 Å². The van der Waals surface area contributed by atoms with E-state index in [0.717, 1.165) is 10.1 Å². The summed E-state index contributed by atoms with van der Waals surface area (Å²) in [7, 11) is 4.67. The first kappa shape index (κ1) is 18.8. The maximum absolute atomic E-state index is 12.2. The van der Waals surface area contributed by atoms with E-state index in [1.54, 1.807) is 19.0 Å². The summed E-state index contributed by atoms with van der Waals surface area (Å²) in [5.74, 6) is 0. The number of likely N-dealkylation sites (N-methyl/N-ethyl adjacent to an activating group) is 1. The van der Waals surface area contributed by atoms with Crippen molar-refractivity contribution >= 4 is 17.6 Å². The SMILES string of the molecule is CN(CCc1ccc(Cl)cc1)C(=O)NCc1cc(=O)n(C)c(=O)n1C. The number of carbonyl (C=O) groups excluding carboxylic acids is 1. The molecule has 25 heavy (non-hydrogen) atoms. The van der Waals surface area contributed by atoms with Crippen LogP contribution in [0, 0.1) is 0 Å². The van der Waals surface area contributed by atoms with Gasteiger partial charge in [0.15, 0.2) is 0 Å². The minimum absolute atomic E-state index is 0.103. The summed E-state index contributed by atoms with van der Waals surface area (Å²) >= 11 is 5.85. The fourth-order valence-electron chi connectivity index (χ4n) is 2.30. The van der Waals surface area contributed by atoms with Gasteiger partial charge < -0.3 is 10.2 Å². The number of nitrogens with one attached hydrogen (secondary N) is 1. The van der Waals surface area contributed by atoms with Gasteiger partial charge in [0.1, 0.15) is 0 Å². The van der Waals surface area contributed by atoms with Crippen LogP contribution in [0.1, 0.15) is 11.3 Å². The van der Waals surface area contributed by atoms with Crippen LogP contribution in [0.3, 0.4) is 0 Å². The largest absolute Gasteiger partial charge is 0.332 e. The molecule has 0 saturated carbocycles. The van der Waals surface area contributed by atoms with Crippen LogP contribution < -0.4 is 16.6 Å². The van der Waals surface area contributed by atoms with Gasteiger partial charge in [0.2, 0.25) is 0 Å². The topological polar surface area (TPSA) is 76.3 Å². The molecule has 134 valence electrons. The van der Waals surface area contributed by atoms with Crippen molar-refractivity contribution in [3.8, 4) is 0 Å². The Hall–Kier alpha value is -2.54. The molecule has 0 aliphatic rings. The van der Waals surface area contributed by atoms with E-state index in [2.05, 4.69) is 5.32 Å². The third-order valence-corrected chi connectivity index (χ3v) is 4.29. The Kier molecular flexibility index (Phi) is 6.03. The minimum Gasteiger partial charge on any atom is -0.332 e. The predicted octanol–water partition coefficient (Wildman–Crippen LogP) is 1.12. The molecule has 0 bridgehead atoms. The molecule has 0 aliphatic carbocycles. The zero-order valence-electron chi connectivity index (χ0n) is 14.5. The second kappa shape index (κ2) is 8.02. The number of nitrogens with zero attached hydrogens (tertiary/aromatic N) is 3. The average molecular weight is 365 g/mol. The zero-order chi connectivity index (χ0) is 18.6. The van der Waals surface area contributed by atoms with E-state index in [0.29, 0.717) is 23.7 Å². The lowest BCUT2D eigenvalue weighted by Crippen LogP contribution is -2.42. The molecule has 0 atom stereocenters. The summed E-state index contributed by atoms with van der Waals surface area (Å²) in [6.07, 6.45) is 0.700. The quantitative estimate of drug-likeness (QED) is 0.863. The van der Waals surface area contributed by atoms with E-state index in [-0.39, 0.29) is 12.6 Å². The van der Waals surface area contributed by atoms with Crippen LogP contribution in [0.4, 0.5) is 4.79 Å². The lowest BCUT2D eigenvalue weighted by Gasteiger charge is -2.18. The van der Waals surface area contributed by atoms with Crippen LogP contribution >= 0.6 is 11.6 Å². The van der Waals surface area contributed by atoms with E-state index in [1.807, 2.05) is 24.3 Å². The Morgan fingerprint density at radius 1 is 1.16 bits per heavy atom. The number of carbonyl (C=O) groups is 1. The highest BCUT2D eigenvalue weighted by Crippen LogP contribution is 2.10. The van der Waals surface area contributed by atoms with Crippen LogP contribution in [0.25, 0.3) is 0 Å². The Morgan fingerprint density at radius 2 is 1.80 bits per heavy atom. The number of hydrogen-bond acceptors (Lipinski definition) is 3. The number of halogens is 1. The monoisotopic (exact) mass is 364 g/mol. The molecule has 2 aromatic rings. The summed E-state index contributed by atoms with van der Waals surface area (Å²) in [5, 5.41) is 3.39. The molecule has 2 amide bonds. The van der Waals surface area contributed by atoms with Gasteiger partial charge in [0.25, 0.3) is 5.56 Å². The molecule has 0 aliphatic heterocycles. The molecule has 0 spiro atoms. The molecule has 1 N–H and O–H groups in total. The van der Waals surface area contributed by atoms with E-state index in [4.69, 9.17) is 11.6 Å². The summed E-state index contributed by atoms with van der Waals surface area (Å²) in [4.78, 5) is 37.3. The highest BCUT2D eigenvalue weighted by atomic mass is 35.5. The lowest BCUT2D eigenvalue weighted by atomic mass is 10.1. The van der Waals surface area contributed by atoms with Gasteiger partial charge in [0.05, 0.1) is 6.54 Å². The molecule has 1 aromatic carbocycles. The maximum Gasteiger partial charge on any atom is 0.330 e. The summed E-state index contributed by atoms with van der Waals surface area (Å²) in [6, 6.07) is 8.53. The van der Waals surface area contributed by atoms with Crippen LogP contribution in [-0.2, 0) is 27.1 Å². The van der Waals surface area contributed by atoms with Crippen molar-refractivity contribution in [2.75, 3.05) is 13.6 Å². The number of benzene rings is 1. The molecule has 0 unspecified atom stereocenters. The van der Waals surface area contributed by atoms with Gasteiger partial charge in [-0.25, -0.2) is 9.59 Å². The van der Waals surface area contributed by atoms with Crippen molar-refractivity contribution < 1.29 is 4.79 Å². The third kappa shape index (κ3) is 4.73. The molecule has 0 radical (unpaired) electrons. The molecule has 7 nitrogen and oxygen atoms in total. The van der Waals surface area contributed by atoms with E-state index in [1.165, 1.54) is 17.7 Å². The molecule has 2 rings (SSSR count). The lowest BCUT2D eigenvalue weighted by molar-refractivity contribution is 0.208. The van der Waals surface area contributed by atoms with Crippen molar-refractivity contribution in [2.45, 2.75) is 13.0 Å². The van der Waals surface area contributed by atoms with Gasteiger partial charge in [-0.1, -0.05) is 23.7 Å². The van der Waals surface area contributed by atoms with Crippen LogP contribution in [-0.4, -0.2) is 33.7 Å². The number of hydrogen-bond donors (Lipinski definition) is 1. The van der Waals surface area contributed by atoms with Gasteiger partial charge in [-0.15, -0.1) is 0 Å². The second-order valence-electron chi connectivity index (χ2n) is 5.83. The number of rotatable bonds is 5. The van der Waals surface area contributed by atoms with Crippen LogP contribution in [0.15, 0.2) is 39.9 Å². The van der Waals surface area contributed by atoms with Gasteiger partial charge in [-0.05, 0) is 24.1 Å². The summed E-state index contributed by atoms with van der Waals surface area (Å²) < 4.78 is 2.36. The molecular formula is C17H21ClN4O3. The number of urea groups is 1. The van der Waals surface area contributed by atoms with E-state index >= 15 is 0 Å². The fraction of sp³-hybridized carbons (Fsp3) is 0.353. The fourth-order valence-corrected chi connectivity index (χ4v) is 2.42. The van der Waals surface area contributed by atoms with Gasteiger partial charge in [-0.2, -0.15) is 0 Å². The maximum atomic E-state index is 12.2. The molecule has 1 heterocycles. The first-order valence-electron chi connectivity index (χ1n) is 7.79. The smallest absolute Gasteiger partial charge is 0.330 e. The summed E-state index contributed by atoms with van der Waals surface area (Å²) in [6.45, 7) is 0.634. The number of aromatic nitrogens is 2. The Bertz CT molecular complexity index is 871. The first-order chi connectivity index (χ1) is 11.8. The third-order valence-electron chi connectivity index (χ3n) is 4.04. The van der Waals surface area contributed by atoms with Crippen molar-refractivity contribution in [1.82, 2.24) is 19.4 Å². The normalized spacial score (nSPS) is 10.6. The second-order valence-corrected chi connectivity index (χ2v) is 6.27. The number of amides is 2. The predicted molar refractivity (Wildman–Crippen MR) is 96.9 cm³/mol.